The molecule has 2 rings (SSSR count). The predicted octanol–water partition coefficient (Wildman–Crippen LogP) is 2.82. The van der Waals surface area contributed by atoms with Crippen LogP contribution in [0.3, 0.4) is 0 Å². The molecule has 0 spiro atoms. The van der Waals surface area contributed by atoms with E-state index in [9.17, 15) is 4.79 Å². The minimum atomic E-state index is -0.111. The minimum absolute atomic E-state index is 0.111. The summed E-state index contributed by atoms with van der Waals surface area (Å²) >= 11 is 0. The summed E-state index contributed by atoms with van der Waals surface area (Å²) in [6.45, 7) is 5.77. The van der Waals surface area contributed by atoms with Crippen LogP contribution in [0.5, 0.6) is 0 Å². The quantitative estimate of drug-likeness (QED) is 0.828. The molecule has 2 N–H and O–H groups in total. The molecule has 0 aromatic carbocycles. The molecule has 0 aliphatic heterocycles. The Hall–Kier alpha value is -1.58. The van der Waals surface area contributed by atoms with Gasteiger partial charge in [-0.15, -0.1) is 0 Å². The van der Waals surface area contributed by atoms with E-state index in [1.54, 1.807) is 6.20 Å². The number of hydrogen-bond donors (Lipinski definition) is 2. The van der Waals surface area contributed by atoms with E-state index in [2.05, 4.69) is 22.5 Å². The van der Waals surface area contributed by atoms with Gasteiger partial charge in [-0.3, -0.25) is 9.78 Å². The Kier molecular flexibility index (Phi) is 4.40. The van der Waals surface area contributed by atoms with Crippen molar-refractivity contribution in [1.82, 2.24) is 10.3 Å². The standard InChI is InChI=1S/C15H23N3O/c1-3-15(7-5-8-15)11-18-12-6-9-17-13(10-12)14(19)16-4-2/h6,9-10H,3-5,7-8,11H2,1-2H3,(H,16,19)(H,17,18). The normalized spacial score (nSPS) is 16.5. The first-order valence-corrected chi connectivity index (χ1v) is 7.17. The molecule has 1 saturated carbocycles. The first-order valence-electron chi connectivity index (χ1n) is 7.17. The van der Waals surface area contributed by atoms with E-state index in [1.807, 2.05) is 19.1 Å². The van der Waals surface area contributed by atoms with Crippen LogP contribution in [0.1, 0.15) is 50.0 Å². The van der Waals surface area contributed by atoms with Gasteiger partial charge in [-0.25, -0.2) is 0 Å². The van der Waals surface area contributed by atoms with Crippen molar-refractivity contribution in [3.05, 3.63) is 24.0 Å². The maximum absolute atomic E-state index is 11.7. The molecule has 0 unspecified atom stereocenters. The Bertz CT molecular complexity index is 435. The summed E-state index contributed by atoms with van der Waals surface area (Å²) in [5.41, 5.74) is 1.93. The summed E-state index contributed by atoms with van der Waals surface area (Å²) in [7, 11) is 0. The van der Waals surface area contributed by atoms with Crippen LogP contribution in [-0.4, -0.2) is 24.0 Å². The Morgan fingerprint density at radius 2 is 2.21 bits per heavy atom. The fourth-order valence-electron chi connectivity index (χ4n) is 2.54. The highest BCUT2D eigenvalue weighted by Crippen LogP contribution is 2.43. The average Bonchev–Trinajstić information content (AvgIpc) is 2.39. The summed E-state index contributed by atoms with van der Waals surface area (Å²) in [5.74, 6) is -0.111. The summed E-state index contributed by atoms with van der Waals surface area (Å²) in [4.78, 5) is 15.8. The molecule has 4 nitrogen and oxygen atoms in total. The number of carbonyl (C=O) groups excluding carboxylic acids is 1. The van der Waals surface area contributed by atoms with Gasteiger partial charge in [-0.05, 0) is 43.7 Å². The molecule has 1 aliphatic carbocycles. The van der Waals surface area contributed by atoms with E-state index >= 15 is 0 Å². The van der Waals surface area contributed by atoms with Crippen molar-refractivity contribution in [1.29, 1.82) is 0 Å². The molecule has 104 valence electrons. The highest BCUT2D eigenvalue weighted by Gasteiger charge is 2.34. The van der Waals surface area contributed by atoms with E-state index in [1.165, 1.54) is 25.7 Å². The second-order valence-corrected chi connectivity index (χ2v) is 5.35. The van der Waals surface area contributed by atoms with Crippen molar-refractivity contribution in [2.75, 3.05) is 18.4 Å². The summed E-state index contributed by atoms with van der Waals surface area (Å²) in [6, 6.07) is 3.75. The van der Waals surface area contributed by atoms with Crippen molar-refractivity contribution < 1.29 is 4.79 Å². The minimum Gasteiger partial charge on any atom is -0.384 e. The molecule has 1 aromatic heterocycles. The Morgan fingerprint density at radius 1 is 1.42 bits per heavy atom. The molecule has 19 heavy (non-hydrogen) atoms. The van der Waals surface area contributed by atoms with Crippen molar-refractivity contribution >= 4 is 11.6 Å². The largest absolute Gasteiger partial charge is 0.384 e. The molecule has 0 atom stereocenters. The Labute approximate surface area is 115 Å². The van der Waals surface area contributed by atoms with E-state index in [0.717, 1.165) is 12.2 Å². The van der Waals surface area contributed by atoms with Gasteiger partial charge in [0.25, 0.3) is 5.91 Å². The average molecular weight is 261 g/mol. The van der Waals surface area contributed by atoms with Crippen LogP contribution in [0, 0.1) is 5.41 Å². The van der Waals surface area contributed by atoms with E-state index in [-0.39, 0.29) is 5.91 Å². The zero-order valence-electron chi connectivity index (χ0n) is 11.8. The van der Waals surface area contributed by atoms with E-state index in [4.69, 9.17) is 0 Å². The van der Waals surface area contributed by atoms with Gasteiger partial charge in [0, 0.05) is 25.0 Å². The summed E-state index contributed by atoms with van der Waals surface area (Å²) < 4.78 is 0. The van der Waals surface area contributed by atoms with Crippen LogP contribution in [0.25, 0.3) is 0 Å². The number of nitrogens with one attached hydrogen (secondary N) is 2. The lowest BCUT2D eigenvalue weighted by atomic mass is 9.67. The highest BCUT2D eigenvalue weighted by molar-refractivity contribution is 5.93. The molecule has 1 amide bonds. The van der Waals surface area contributed by atoms with Gasteiger partial charge in [0.2, 0.25) is 0 Å². The second kappa shape index (κ2) is 6.04. The lowest BCUT2D eigenvalue weighted by Gasteiger charge is -2.41. The first kappa shape index (κ1) is 13.8. The van der Waals surface area contributed by atoms with Gasteiger partial charge in [0.1, 0.15) is 5.69 Å². The topological polar surface area (TPSA) is 54.0 Å². The van der Waals surface area contributed by atoms with E-state index < -0.39 is 0 Å². The van der Waals surface area contributed by atoms with Crippen LogP contribution in [0.4, 0.5) is 5.69 Å². The molecule has 1 aromatic rings. The predicted molar refractivity (Wildman–Crippen MR) is 77.3 cm³/mol. The number of aromatic nitrogens is 1. The maximum Gasteiger partial charge on any atom is 0.269 e. The van der Waals surface area contributed by atoms with Crippen LogP contribution in [0.15, 0.2) is 18.3 Å². The van der Waals surface area contributed by atoms with Gasteiger partial charge >= 0.3 is 0 Å². The van der Waals surface area contributed by atoms with Crippen LogP contribution < -0.4 is 10.6 Å². The maximum atomic E-state index is 11.7. The Morgan fingerprint density at radius 3 is 2.79 bits per heavy atom. The third-order valence-electron chi connectivity index (χ3n) is 4.16. The SMILES string of the molecule is CCNC(=O)c1cc(NCC2(CC)CCC2)ccn1. The van der Waals surface area contributed by atoms with Crippen LogP contribution >= 0.6 is 0 Å². The van der Waals surface area contributed by atoms with Gasteiger partial charge in [0.05, 0.1) is 0 Å². The zero-order chi connectivity index (χ0) is 13.7. The van der Waals surface area contributed by atoms with Crippen molar-refractivity contribution in [3.8, 4) is 0 Å². The van der Waals surface area contributed by atoms with Crippen molar-refractivity contribution in [2.24, 2.45) is 5.41 Å². The molecule has 0 bridgehead atoms. The smallest absolute Gasteiger partial charge is 0.269 e. The number of carbonyl (C=O) groups is 1. The lowest BCUT2D eigenvalue weighted by Crippen LogP contribution is -2.35. The number of rotatable bonds is 6. The zero-order valence-corrected chi connectivity index (χ0v) is 11.8. The molecular formula is C15H23N3O. The first-order chi connectivity index (χ1) is 9.19. The summed E-state index contributed by atoms with van der Waals surface area (Å²) in [6.07, 6.45) is 6.87. The number of hydrogen-bond acceptors (Lipinski definition) is 3. The fourth-order valence-corrected chi connectivity index (χ4v) is 2.54. The number of anilines is 1. The lowest BCUT2D eigenvalue weighted by molar-refractivity contribution is 0.0951. The fraction of sp³-hybridized carbons (Fsp3) is 0.600. The molecule has 4 heteroatoms. The number of amides is 1. The number of pyridine rings is 1. The monoisotopic (exact) mass is 261 g/mol. The highest BCUT2D eigenvalue weighted by atomic mass is 16.1. The third kappa shape index (κ3) is 3.25. The summed E-state index contributed by atoms with van der Waals surface area (Å²) in [5, 5.41) is 6.22. The Balaban J connectivity index is 1.97. The van der Waals surface area contributed by atoms with Gasteiger partial charge in [-0.1, -0.05) is 13.3 Å². The van der Waals surface area contributed by atoms with Gasteiger partial charge < -0.3 is 10.6 Å². The van der Waals surface area contributed by atoms with Gasteiger partial charge in [0.15, 0.2) is 0 Å². The van der Waals surface area contributed by atoms with Crippen molar-refractivity contribution in [3.63, 3.8) is 0 Å². The number of nitrogens with zero attached hydrogens (tertiary/aromatic N) is 1. The second-order valence-electron chi connectivity index (χ2n) is 5.35. The molecule has 1 aliphatic rings. The van der Waals surface area contributed by atoms with Gasteiger partial charge in [-0.2, -0.15) is 0 Å². The molecule has 1 fully saturated rings. The molecular weight excluding hydrogens is 238 g/mol. The van der Waals surface area contributed by atoms with Crippen molar-refractivity contribution in [2.45, 2.75) is 39.5 Å². The third-order valence-corrected chi connectivity index (χ3v) is 4.16. The van der Waals surface area contributed by atoms with E-state index in [0.29, 0.717) is 17.7 Å². The van der Waals surface area contributed by atoms with Crippen LogP contribution in [-0.2, 0) is 0 Å². The van der Waals surface area contributed by atoms with Crippen LogP contribution in [0.2, 0.25) is 0 Å². The molecule has 1 heterocycles. The molecule has 0 radical (unpaired) electrons. The molecule has 0 saturated heterocycles.